The summed E-state index contributed by atoms with van der Waals surface area (Å²) in [6, 6.07) is 14.3. The number of aromatic nitrogens is 1. The summed E-state index contributed by atoms with van der Waals surface area (Å²) >= 11 is 1.61. The molecule has 0 spiro atoms. The van der Waals surface area contributed by atoms with Crippen LogP contribution in [0.25, 0.3) is 10.6 Å². The summed E-state index contributed by atoms with van der Waals surface area (Å²) in [6.07, 6.45) is -0.505. The number of hydrogen-bond donors (Lipinski definition) is 1. The second kappa shape index (κ2) is 10.6. The smallest absolute Gasteiger partial charge is 0.333 e. The van der Waals surface area contributed by atoms with E-state index in [1.807, 2.05) is 30.5 Å². The Morgan fingerprint density at radius 3 is 2.52 bits per heavy atom. The maximum absolute atomic E-state index is 11.3. The molecule has 1 atom stereocenters. The van der Waals surface area contributed by atoms with Crippen LogP contribution in [0.2, 0.25) is 0 Å². The zero-order valence-electron chi connectivity index (χ0n) is 18.4. The molecule has 3 aromatic rings. The zero-order valence-corrected chi connectivity index (χ0v) is 19.2. The van der Waals surface area contributed by atoms with Gasteiger partial charge >= 0.3 is 5.97 Å². The van der Waals surface area contributed by atoms with Crippen LogP contribution in [-0.4, -0.2) is 28.8 Å². The molecule has 6 heteroatoms. The summed E-state index contributed by atoms with van der Waals surface area (Å²) in [6.45, 7) is 8.88. The Hall–Kier alpha value is -2.70. The van der Waals surface area contributed by atoms with E-state index < -0.39 is 12.1 Å². The largest absolute Gasteiger partial charge is 0.487 e. The third kappa shape index (κ3) is 6.15. The van der Waals surface area contributed by atoms with Crippen LogP contribution in [-0.2, 0) is 22.6 Å². The van der Waals surface area contributed by atoms with Gasteiger partial charge < -0.3 is 14.6 Å². The van der Waals surface area contributed by atoms with E-state index in [2.05, 4.69) is 38.1 Å². The number of carboxylic acid groups (broad SMARTS) is 1. The molecule has 1 aromatic heterocycles. The van der Waals surface area contributed by atoms with Crippen molar-refractivity contribution in [3.05, 3.63) is 70.2 Å². The Morgan fingerprint density at radius 1 is 1.16 bits per heavy atom. The second-order valence-corrected chi connectivity index (χ2v) is 8.65. The summed E-state index contributed by atoms with van der Waals surface area (Å²) in [5.41, 5.74) is 5.19. The van der Waals surface area contributed by atoms with Crippen molar-refractivity contribution < 1.29 is 19.4 Å². The molecule has 164 valence electrons. The van der Waals surface area contributed by atoms with Gasteiger partial charge in [0.1, 0.15) is 17.4 Å². The molecule has 0 saturated heterocycles. The highest BCUT2D eigenvalue weighted by Crippen LogP contribution is 2.27. The van der Waals surface area contributed by atoms with Gasteiger partial charge in [-0.2, -0.15) is 0 Å². The SMILES string of the molecule is CCOC(Cc1ccc(OCc2csc(-c3ccc(C(C)C)cc3)n2)c(C)c1)C(=O)O. The van der Waals surface area contributed by atoms with E-state index >= 15 is 0 Å². The fourth-order valence-corrected chi connectivity index (χ4v) is 4.11. The second-order valence-electron chi connectivity index (χ2n) is 7.80. The number of aryl methyl sites for hydroxylation is 1. The number of benzene rings is 2. The molecule has 1 unspecified atom stereocenters. The summed E-state index contributed by atoms with van der Waals surface area (Å²) in [5.74, 6) is 0.332. The first kappa shape index (κ1) is 23.0. The third-order valence-corrected chi connectivity index (χ3v) is 6.00. The Bertz CT molecular complexity index is 1010. The van der Waals surface area contributed by atoms with Gasteiger partial charge in [0, 0.05) is 24.0 Å². The normalized spacial score (nSPS) is 12.2. The predicted octanol–water partition coefficient (Wildman–Crippen LogP) is 5.85. The molecule has 1 heterocycles. The molecule has 31 heavy (non-hydrogen) atoms. The number of nitrogens with zero attached hydrogens (tertiary/aromatic N) is 1. The third-order valence-electron chi connectivity index (χ3n) is 5.06. The van der Waals surface area contributed by atoms with Gasteiger partial charge in [0.2, 0.25) is 0 Å². The van der Waals surface area contributed by atoms with Gasteiger partial charge in [0.05, 0.1) is 5.69 Å². The van der Waals surface area contributed by atoms with Crippen LogP contribution >= 0.6 is 11.3 Å². The minimum Gasteiger partial charge on any atom is -0.487 e. The van der Waals surface area contributed by atoms with E-state index in [0.717, 1.165) is 33.1 Å². The van der Waals surface area contributed by atoms with E-state index in [0.29, 0.717) is 25.6 Å². The number of carbonyl (C=O) groups is 1. The van der Waals surface area contributed by atoms with Gasteiger partial charge in [0.25, 0.3) is 0 Å². The van der Waals surface area contributed by atoms with Gasteiger partial charge in [-0.3, -0.25) is 0 Å². The van der Waals surface area contributed by atoms with Crippen molar-refractivity contribution in [1.29, 1.82) is 0 Å². The van der Waals surface area contributed by atoms with Crippen LogP contribution in [0.15, 0.2) is 47.8 Å². The quantitative estimate of drug-likeness (QED) is 0.429. The van der Waals surface area contributed by atoms with Crippen molar-refractivity contribution in [2.75, 3.05) is 6.61 Å². The van der Waals surface area contributed by atoms with Crippen molar-refractivity contribution in [2.24, 2.45) is 0 Å². The van der Waals surface area contributed by atoms with E-state index in [1.165, 1.54) is 5.56 Å². The molecule has 0 fully saturated rings. The maximum atomic E-state index is 11.3. The van der Waals surface area contributed by atoms with Gasteiger partial charge in [-0.05, 0) is 42.5 Å². The standard InChI is InChI=1S/C25H29NO4S/c1-5-29-23(25(27)28)13-18-6-11-22(17(4)12-18)30-14-21-15-31-24(26-21)20-9-7-19(8-10-20)16(2)3/h6-12,15-16,23H,5,13-14H2,1-4H3,(H,27,28). The molecule has 0 aliphatic rings. The van der Waals surface area contributed by atoms with Gasteiger partial charge in [-0.1, -0.05) is 50.2 Å². The first-order valence-electron chi connectivity index (χ1n) is 10.5. The highest BCUT2D eigenvalue weighted by molar-refractivity contribution is 7.13. The molecular weight excluding hydrogens is 410 g/mol. The van der Waals surface area contributed by atoms with Gasteiger partial charge in [0.15, 0.2) is 6.10 Å². The number of ether oxygens (including phenoxy) is 2. The molecule has 0 radical (unpaired) electrons. The molecule has 0 saturated carbocycles. The molecule has 5 nitrogen and oxygen atoms in total. The molecule has 0 bridgehead atoms. The number of hydrogen-bond acceptors (Lipinski definition) is 5. The van der Waals surface area contributed by atoms with Crippen LogP contribution in [0.5, 0.6) is 5.75 Å². The molecule has 2 aromatic carbocycles. The lowest BCUT2D eigenvalue weighted by molar-refractivity contribution is -0.149. The van der Waals surface area contributed by atoms with Gasteiger partial charge in [-0.15, -0.1) is 11.3 Å². The first-order valence-corrected chi connectivity index (χ1v) is 11.4. The van der Waals surface area contributed by atoms with E-state index in [4.69, 9.17) is 14.5 Å². The molecular formula is C25H29NO4S. The van der Waals surface area contributed by atoms with Gasteiger partial charge in [-0.25, -0.2) is 9.78 Å². The number of carboxylic acids is 1. The van der Waals surface area contributed by atoms with Crippen molar-refractivity contribution in [3.8, 4) is 16.3 Å². The van der Waals surface area contributed by atoms with E-state index in [9.17, 15) is 9.90 Å². The lowest BCUT2D eigenvalue weighted by Gasteiger charge is -2.14. The fraction of sp³-hybridized carbons (Fsp3) is 0.360. The highest BCUT2D eigenvalue weighted by Gasteiger charge is 2.18. The lowest BCUT2D eigenvalue weighted by Crippen LogP contribution is -2.26. The first-order chi connectivity index (χ1) is 14.9. The fourth-order valence-electron chi connectivity index (χ4n) is 3.30. The molecule has 0 aliphatic heterocycles. The number of rotatable bonds is 10. The van der Waals surface area contributed by atoms with E-state index in [-0.39, 0.29) is 0 Å². The summed E-state index contributed by atoms with van der Waals surface area (Å²) in [7, 11) is 0. The minimum absolute atomic E-state index is 0.329. The predicted molar refractivity (Wildman–Crippen MR) is 124 cm³/mol. The average Bonchev–Trinajstić information content (AvgIpc) is 3.22. The Balaban J connectivity index is 1.62. The summed E-state index contributed by atoms with van der Waals surface area (Å²) in [5, 5.41) is 12.3. The Labute approximate surface area is 187 Å². The van der Waals surface area contributed by atoms with Crippen molar-refractivity contribution in [1.82, 2.24) is 4.98 Å². The van der Waals surface area contributed by atoms with Crippen LogP contribution in [0.4, 0.5) is 0 Å². The maximum Gasteiger partial charge on any atom is 0.333 e. The minimum atomic E-state index is -0.946. The van der Waals surface area contributed by atoms with Crippen molar-refractivity contribution in [3.63, 3.8) is 0 Å². The lowest BCUT2D eigenvalue weighted by atomic mass is 10.0. The van der Waals surface area contributed by atoms with E-state index in [1.54, 1.807) is 18.3 Å². The molecule has 0 aliphatic carbocycles. The van der Waals surface area contributed by atoms with Crippen LogP contribution < -0.4 is 4.74 Å². The average molecular weight is 440 g/mol. The molecule has 0 amide bonds. The zero-order chi connectivity index (χ0) is 22.4. The van der Waals surface area contributed by atoms with Crippen molar-refractivity contribution >= 4 is 17.3 Å². The van der Waals surface area contributed by atoms with Crippen LogP contribution in [0.3, 0.4) is 0 Å². The number of thiazole rings is 1. The van der Waals surface area contributed by atoms with Crippen molar-refractivity contribution in [2.45, 2.75) is 52.7 Å². The summed E-state index contributed by atoms with van der Waals surface area (Å²) < 4.78 is 11.3. The highest BCUT2D eigenvalue weighted by atomic mass is 32.1. The molecule has 1 N–H and O–H groups in total. The molecule has 3 rings (SSSR count). The summed E-state index contributed by atoms with van der Waals surface area (Å²) in [4.78, 5) is 16.0. The Kier molecular flexibility index (Phi) is 7.82. The topological polar surface area (TPSA) is 68.7 Å². The van der Waals surface area contributed by atoms with Crippen LogP contribution in [0, 0.1) is 6.92 Å². The monoisotopic (exact) mass is 439 g/mol. The van der Waals surface area contributed by atoms with Crippen LogP contribution in [0.1, 0.15) is 49.1 Å². The number of aliphatic carboxylic acids is 1. The Morgan fingerprint density at radius 2 is 1.90 bits per heavy atom.